The van der Waals surface area contributed by atoms with Gasteiger partial charge in [0.15, 0.2) is 0 Å². The van der Waals surface area contributed by atoms with E-state index in [4.69, 9.17) is 0 Å². The Labute approximate surface area is 110 Å². The first kappa shape index (κ1) is 14.3. The van der Waals surface area contributed by atoms with Crippen LogP contribution >= 0.6 is 0 Å². The molecule has 2 atom stereocenters. The number of nitrogens with zero attached hydrogens (tertiary/aromatic N) is 1. The topological polar surface area (TPSA) is 57.6 Å². The van der Waals surface area contributed by atoms with Crippen molar-refractivity contribution in [3.63, 3.8) is 0 Å². The molecule has 0 aromatic carbocycles. The van der Waals surface area contributed by atoms with E-state index in [0.717, 1.165) is 19.3 Å². The fourth-order valence-corrected chi connectivity index (χ4v) is 4.24. The van der Waals surface area contributed by atoms with E-state index in [1.165, 1.54) is 19.1 Å². The number of piperidine rings is 1. The molecule has 1 saturated heterocycles. The highest BCUT2D eigenvalue weighted by Crippen LogP contribution is 2.49. The highest BCUT2D eigenvalue weighted by atomic mass is 32.2. The van der Waals surface area contributed by atoms with Crippen LogP contribution in [0, 0.1) is 17.3 Å². The van der Waals surface area contributed by atoms with Crippen molar-refractivity contribution >= 4 is 10.0 Å². The Morgan fingerprint density at radius 2 is 2.00 bits per heavy atom. The van der Waals surface area contributed by atoms with E-state index in [1.54, 1.807) is 4.31 Å². The summed E-state index contributed by atoms with van der Waals surface area (Å²) in [5.74, 6) is 1.06. The Morgan fingerprint density at radius 3 is 2.50 bits per heavy atom. The SMILES string of the molecule is CC(CO)(CC1CCCN(S(C)(=O)=O)C1)C1CC1. The lowest BCUT2D eigenvalue weighted by molar-refractivity contribution is 0.0772. The predicted molar refractivity (Wildman–Crippen MR) is 71.7 cm³/mol. The average Bonchev–Trinajstić information content (AvgIpc) is 3.12. The van der Waals surface area contributed by atoms with Gasteiger partial charge < -0.3 is 5.11 Å². The zero-order valence-corrected chi connectivity index (χ0v) is 12.2. The number of hydrogen-bond acceptors (Lipinski definition) is 3. The van der Waals surface area contributed by atoms with Crippen molar-refractivity contribution in [3.05, 3.63) is 0 Å². The first-order valence-electron chi connectivity index (χ1n) is 6.91. The lowest BCUT2D eigenvalue weighted by atomic mass is 9.75. The lowest BCUT2D eigenvalue weighted by Gasteiger charge is -2.37. The molecule has 1 N–H and O–H groups in total. The van der Waals surface area contributed by atoms with Gasteiger partial charge in [-0.15, -0.1) is 0 Å². The standard InChI is InChI=1S/C13H25NO3S/c1-13(10-15,12-5-6-12)8-11-4-3-7-14(9-11)18(2,16)17/h11-12,15H,3-10H2,1-2H3. The van der Waals surface area contributed by atoms with Gasteiger partial charge in [-0.2, -0.15) is 0 Å². The van der Waals surface area contributed by atoms with Gasteiger partial charge in [0, 0.05) is 19.7 Å². The van der Waals surface area contributed by atoms with E-state index in [9.17, 15) is 13.5 Å². The van der Waals surface area contributed by atoms with Crippen molar-refractivity contribution in [3.8, 4) is 0 Å². The molecular formula is C13H25NO3S. The Balaban J connectivity index is 1.97. The fraction of sp³-hybridized carbons (Fsp3) is 1.00. The summed E-state index contributed by atoms with van der Waals surface area (Å²) in [6, 6.07) is 0. The third-order valence-electron chi connectivity index (χ3n) is 4.63. The summed E-state index contributed by atoms with van der Waals surface area (Å²) >= 11 is 0. The number of aliphatic hydroxyl groups excluding tert-OH is 1. The third-order valence-corrected chi connectivity index (χ3v) is 5.90. The highest BCUT2D eigenvalue weighted by Gasteiger charge is 2.43. The maximum absolute atomic E-state index is 11.6. The summed E-state index contributed by atoms with van der Waals surface area (Å²) in [6.45, 7) is 3.69. The molecule has 0 aromatic rings. The van der Waals surface area contributed by atoms with Gasteiger partial charge in [-0.1, -0.05) is 6.92 Å². The maximum atomic E-state index is 11.6. The fourth-order valence-electron chi connectivity index (χ4n) is 3.29. The van der Waals surface area contributed by atoms with Crippen LogP contribution in [0.25, 0.3) is 0 Å². The molecular weight excluding hydrogens is 250 g/mol. The van der Waals surface area contributed by atoms with Crippen LogP contribution in [0.4, 0.5) is 0 Å². The van der Waals surface area contributed by atoms with Gasteiger partial charge in [0.05, 0.1) is 6.26 Å². The van der Waals surface area contributed by atoms with Crippen LogP contribution < -0.4 is 0 Å². The van der Waals surface area contributed by atoms with Crippen molar-refractivity contribution in [1.29, 1.82) is 0 Å². The summed E-state index contributed by atoms with van der Waals surface area (Å²) in [6.07, 6.45) is 6.74. The van der Waals surface area contributed by atoms with Crippen LogP contribution in [0.5, 0.6) is 0 Å². The molecule has 0 spiro atoms. The third kappa shape index (κ3) is 3.25. The van der Waals surface area contributed by atoms with Gasteiger partial charge in [-0.25, -0.2) is 12.7 Å². The second-order valence-corrected chi connectivity index (χ2v) is 8.40. The molecule has 106 valence electrons. The van der Waals surface area contributed by atoms with Crippen LogP contribution in [0.1, 0.15) is 39.0 Å². The van der Waals surface area contributed by atoms with Crippen LogP contribution in [-0.4, -0.2) is 43.8 Å². The maximum Gasteiger partial charge on any atom is 0.211 e. The Morgan fingerprint density at radius 1 is 1.33 bits per heavy atom. The van der Waals surface area contributed by atoms with E-state index in [2.05, 4.69) is 6.92 Å². The molecule has 1 saturated carbocycles. The zero-order chi connectivity index (χ0) is 13.4. The van der Waals surface area contributed by atoms with E-state index in [-0.39, 0.29) is 12.0 Å². The molecule has 18 heavy (non-hydrogen) atoms. The smallest absolute Gasteiger partial charge is 0.211 e. The number of rotatable bonds is 5. The van der Waals surface area contributed by atoms with Crippen molar-refractivity contribution in [2.45, 2.75) is 39.0 Å². The molecule has 2 unspecified atom stereocenters. The quantitative estimate of drug-likeness (QED) is 0.826. The molecule has 5 heteroatoms. The molecule has 4 nitrogen and oxygen atoms in total. The summed E-state index contributed by atoms with van der Waals surface area (Å²) in [7, 11) is -3.05. The Bertz CT molecular complexity index is 391. The molecule has 1 aliphatic carbocycles. The second kappa shape index (κ2) is 5.10. The van der Waals surface area contributed by atoms with Gasteiger partial charge in [-0.3, -0.25) is 0 Å². The van der Waals surface area contributed by atoms with E-state index < -0.39 is 10.0 Å². The Kier molecular flexibility index (Phi) is 4.04. The van der Waals surface area contributed by atoms with Gasteiger partial charge in [0.2, 0.25) is 10.0 Å². The summed E-state index contributed by atoms with van der Waals surface area (Å²) in [5.41, 5.74) is 0.00514. The minimum absolute atomic E-state index is 0.00514. The summed E-state index contributed by atoms with van der Waals surface area (Å²) in [5, 5.41) is 9.62. The molecule has 1 heterocycles. The first-order valence-corrected chi connectivity index (χ1v) is 8.76. The first-order chi connectivity index (χ1) is 8.35. The second-order valence-electron chi connectivity index (χ2n) is 6.42. The summed E-state index contributed by atoms with van der Waals surface area (Å²) < 4.78 is 24.8. The molecule has 0 aromatic heterocycles. The molecule has 0 bridgehead atoms. The number of aliphatic hydroxyl groups is 1. The minimum Gasteiger partial charge on any atom is -0.396 e. The van der Waals surface area contributed by atoms with Crippen LogP contribution in [0.15, 0.2) is 0 Å². The van der Waals surface area contributed by atoms with Gasteiger partial charge in [0.25, 0.3) is 0 Å². The molecule has 0 amide bonds. The zero-order valence-electron chi connectivity index (χ0n) is 11.4. The predicted octanol–water partition coefficient (Wildman–Crippen LogP) is 1.46. The molecule has 2 aliphatic rings. The van der Waals surface area contributed by atoms with Crippen molar-refractivity contribution in [2.75, 3.05) is 26.0 Å². The summed E-state index contributed by atoms with van der Waals surface area (Å²) in [4.78, 5) is 0. The number of sulfonamides is 1. The largest absolute Gasteiger partial charge is 0.396 e. The van der Waals surface area contributed by atoms with E-state index >= 15 is 0 Å². The minimum atomic E-state index is -3.05. The Hall–Kier alpha value is -0.130. The van der Waals surface area contributed by atoms with Gasteiger partial charge in [-0.05, 0) is 49.4 Å². The average molecular weight is 275 g/mol. The van der Waals surface area contributed by atoms with Crippen LogP contribution in [0.2, 0.25) is 0 Å². The van der Waals surface area contributed by atoms with E-state index in [1.807, 2.05) is 0 Å². The normalized spacial score (nSPS) is 30.1. The van der Waals surface area contributed by atoms with Crippen LogP contribution in [0.3, 0.4) is 0 Å². The molecule has 2 rings (SSSR count). The van der Waals surface area contributed by atoms with E-state index in [0.29, 0.717) is 24.9 Å². The van der Waals surface area contributed by atoms with Crippen molar-refractivity contribution in [2.24, 2.45) is 17.3 Å². The molecule has 1 aliphatic heterocycles. The van der Waals surface area contributed by atoms with Gasteiger partial charge >= 0.3 is 0 Å². The highest BCUT2D eigenvalue weighted by molar-refractivity contribution is 7.88. The monoisotopic (exact) mass is 275 g/mol. The van der Waals surface area contributed by atoms with Crippen LogP contribution in [-0.2, 0) is 10.0 Å². The molecule has 2 fully saturated rings. The molecule has 0 radical (unpaired) electrons. The number of hydrogen-bond donors (Lipinski definition) is 1. The van der Waals surface area contributed by atoms with Crippen molar-refractivity contribution < 1.29 is 13.5 Å². The lowest BCUT2D eigenvalue weighted by Crippen LogP contribution is -2.41. The van der Waals surface area contributed by atoms with Crippen molar-refractivity contribution in [1.82, 2.24) is 4.31 Å². The van der Waals surface area contributed by atoms with Gasteiger partial charge in [0.1, 0.15) is 0 Å².